The van der Waals surface area contributed by atoms with Gasteiger partial charge in [-0.25, -0.2) is 13.1 Å². The zero-order chi connectivity index (χ0) is 14.9. The quantitative estimate of drug-likeness (QED) is 0.846. The van der Waals surface area contributed by atoms with Crippen molar-refractivity contribution in [2.75, 3.05) is 0 Å². The number of sulfonamides is 1. The normalized spacial score (nSPS) is 15.0. The van der Waals surface area contributed by atoms with Gasteiger partial charge in [0, 0.05) is 10.9 Å². The molecule has 0 bridgehead atoms. The third-order valence-corrected chi connectivity index (χ3v) is 5.24. The maximum atomic E-state index is 11.9. The van der Waals surface area contributed by atoms with E-state index in [4.69, 9.17) is 4.42 Å². The zero-order valence-electron chi connectivity index (χ0n) is 11.0. The lowest BCUT2D eigenvalue weighted by Crippen LogP contribution is -2.25. The maximum absolute atomic E-state index is 11.9. The minimum Gasteiger partial charge on any atom is -0.438 e. The Balaban J connectivity index is 1.64. The van der Waals surface area contributed by atoms with Gasteiger partial charge in [0.25, 0.3) is 15.9 Å². The smallest absolute Gasteiger partial charge is 0.287 e. The number of carbonyl (C=O) groups is 1. The van der Waals surface area contributed by atoms with Gasteiger partial charge in [-0.3, -0.25) is 4.79 Å². The topological polar surface area (TPSA) is 88.4 Å². The minimum absolute atomic E-state index is 0.00351. The van der Waals surface area contributed by atoms with Crippen molar-refractivity contribution in [2.24, 2.45) is 0 Å². The molecule has 1 aliphatic carbocycles. The van der Waals surface area contributed by atoms with E-state index in [9.17, 15) is 13.2 Å². The van der Waals surface area contributed by atoms with Crippen molar-refractivity contribution in [3.8, 4) is 0 Å². The van der Waals surface area contributed by atoms with E-state index in [1.165, 1.54) is 23.5 Å². The largest absolute Gasteiger partial charge is 0.438 e. The van der Waals surface area contributed by atoms with Gasteiger partial charge in [-0.05, 0) is 36.4 Å². The fraction of sp³-hybridized carbons (Fsp3) is 0.308. The van der Waals surface area contributed by atoms with Crippen molar-refractivity contribution < 1.29 is 17.6 Å². The van der Waals surface area contributed by atoms with E-state index in [1.54, 1.807) is 0 Å². The van der Waals surface area contributed by atoms with Crippen molar-refractivity contribution in [3.05, 3.63) is 40.3 Å². The molecular weight excluding hydrogens is 312 g/mol. The van der Waals surface area contributed by atoms with Crippen LogP contribution in [0.4, 0.5) is 0 Å². The predicted molar refractivity (Wildman–Crippen MR) is 77.5 cm³/mol. The summed E-state index contributed by atoms with van der Waals surface area (Å²) < 4.78 is 31.5. The molecule has 2 aromatic rings. The number of rotatable bonds is 6. The Labute approximate surface area is 126 Å². The summed E-state index contributed by atoms with van der Waals surface area (Å²) >= 11 is 1.53. The van der Waals surface area contributed by atoms with Gasteiger partial charge in [0.2, 0.25) is 5.09 Å². The molecule has 2 N–H and O–H groups in total. The number of thiophene rings is 1. The number of amides is 1. The number of carbonyl (C=O) groups excluding carboxylic acids is 1. The van der Waals surface area contributed by atoms with E-state index in [2.05, 4.69) is 10.0 Å². The Kier molecular flexibility index (Phi) is 3.83. The second kappa shape index (κ2) is 5.63. The van der Waals surface area contributed by atoms with Crippen LogP contribution in [-0.2, 0) is 16.6 Å². The second-order valence-electron chi connectivity index (χ2n) is 4.78. The molecule has 8 heteroatoms. The van der Waals surface area contributed by atoms with Crippen LogP contribution in [0.1, 0.15) is 28.3 Å². The number of nitrogens with one attached hydrogen (secondary N) is 2. The molecule has 21 heavy (non-hydrogen) atoms. The van der Waals surface area contributed by atoms with Crippen molar-refractivity contribution in [1.82, 2.24) is 10.0 Å². The molecule has 0 radical (unpaired) electrons. The van der Waals surface area contributed by atoms with Gasteiger partial charge in [-0.2, -0.15) is 0 Å². The second-order valence-corrected chi connectivity index (χ2v) is 7.45. The van der Waals surface area contributed by atoms with Crippen molar-refractivity contribution in [2.45, 2.75) is 30.5 Å². The molecular formula is C13H14N2O4S2. The maximum Gasteiger partial charge on any atom is 0.287 e. The zero-order valence-corrected chi connectivity index (χ0v) is 12.7. The summed E-state index contributed by atoms with van der Waals surface area (Å²) in [5, 5.41) is 4.37. The summed E-state index contributed by atoms with van der Waals surface area (Å²) in [6.07, 6.45) is 1.68. The Morgan fingerprint density at radius 2 is 2.14 bits per heavy atom. The highest BCUT2D eigenvalue weighted by Crippen LogP contribution is 2.23. The first-order valence-electron chi connectivity index (χ1n) is 6.47. The van der Waals surface area contributed by atoms with Gasteiger partial charge >= 0.3 is 0 Å². The standard InChI is InChI=1S/C13H14N2O4S2/c16-13(14-8-10-2-1-7-20-10)11-5-6-12(19-11)21(17,18)15-9-3-4-9/h1-2,5-7,9,15H,3-4,8H2,(H,14,16). The molecule has 112 valence electrons. The molecule has 1 fully saturated rings. The SMILES string of the molecule is O=C(NCc1cccs1)c1ccc(S(=O)(=O)NC2CC2)o1. The molecule has 0 spiro atoms. The van der Waals surface area contributed by atoms with E-state index in [0.29, 0.717) is 6.54 Å². The molecule has 2 aromatic heterocycles. The number of hydrogen-bond donors (Lipinski definition) is 2. The Hall–Kier alpha value is -1.64. The van der Waals surface area contributed by atoms with E-state index < -0.39 is 15.9 Å². The van der Waals surface area contributed by atoms with Crippen LogP contribution in [0.5, 0.6) is 0 Å². The first-order chi connectivity index (χ1) is 10.0. The summed E-state index contributed by atoms with van der Waals surface area (Å²) in [4.78, 5) is 12.9. The van der Waals surface area contributed by atoms with E-state index in [-0.39, 0.29) is 16.9 Å². The Morgan fingerprint density at radius 3 is 2.81 bits per heavy atom. The number of hydrogen-bond acceptors (Lipinski definition) is 5. The molecule has 0 aliphatic heterocycles. The molecule has 3 rings (SSSR count). The lowest BCUT2D eigenvalue weighted by molar-refractivity contribution is 0.0918. The number of furan rings is 1. The lowest BCUT2D eigenvalue weighted by Gasteiger charge is -2.02. The van der Waals surface area contributed by atoms with Gasteiger partial charge in [0.1, 0.15) is 0 Å². The molecule has 0 aromatic carbocycles. The highest BCUT2D eigenvalue weighted by Gasteiger charge is 2.30. The third-order valence-electron chi connectivity index (χ3n) is 2.97. The van der Waals surface area contributed by atoms with E-state index in [0.717, 1.165) is 17.7 Å². The van der Waals surface area contributed by atoms with Crippen molar-refractivity contribution >= 4 is 27.3 Å². The van der Waals surface area contributed by atoms with Crippen molar-refractivity contribution in [1.29, 1.82) is 0 Å². The molecule has 0 atom stereocenters. The van der Waals surface area contributed by atoms with Crippen molar-refractivity contribution in [3.63, 3.8) is 0 Å². The van der Waals surface area contributed by atoms with Crippen LogP contribution in [-0.4, -0.2) is 20.4 Å². The van der Waals surface area contributed by atoms with E-state index >= 15 is 0 Å². The van der Waals surface area contributed by atoms with Crippen LogP contribution >= 0.6 is 11.3 Å². The fourth-order valence-corrected chi connectivity index (χ4v) is 3.61. The Bertz CT molecular complexity index is 730. The molecule has 0 saturated heterocycles. The third kappa shape index (κ3) is 3.52. The van der Waals surface area contributed by atoms with Crippen LogP contribution < -0.4 is 10.0 Å². The van der Waals surface area contributed by atoms with E-state index in [1.807, 2.05) is 17.5 Å². The van der Waals surface area contributed by atoms with Crippen LogP contribution in [0, 0.1) is 0 Å². The molecule has 0 unspecified atom stereocenters. The van der Waals surface area contributed by atoms with Crippen LogP contribution in [0.25, 0.3) is 0 Å². The average Bonchev–Trinajstić information content (AvgIpc) is 2.99. The fourth-order valence-electron chi connectivity index (χ4n) is 1.73. The molecule has 1 aliphatic rings. The highest BCUT2D eigenvalue weighted by atomic mass is 32.2. The lowest BCUT2D eigenvalue weighted by atomic mass is 10.4. The van der Waals surface area contributed by atoms with Crippen LogP contribution in [0.3, 0.4) is 0 Å². The monoisotopic (exact) mass is 326 g/mol. The predicted octanol–water partition coefficient (Wildman–Crippen LogP) is 1.71. The summed E-state index contributed by atoms with van der Waals surface area (Å²) in [5.74, 6) is -0.445. The molecule has 2 heterocycles. The first-order valence-corrected chi connectivity index (χ1v) is 8.83. The molecule has 6 nitrogen and oxygen atoms in total. The average molecular weight is 326 g/mol. The molecule has 1 saturated carbocycles. The highest BCUT2D eigenvalue weighted by molar-refractivity contribution is 7.89. The van der Waals surface area contributed by atoms with Gasteiger partial charge in [-0.15, -0.1) is 11.3 Å². The van der Waals surface area contributed by atoms with Gasteiger partial charge < -0.3 is 9.73 Å². The van der Waals surface area contributed by atoms with Gasteiger partial charge in [-0.1, -0.05) is 6.07 Å². The van der Waals surface area contributed by atoms with Gasteiger partial charge in [0.05, 0.1) is 6.54 Å². The summed E-state index contributed by atoms with van der Waals surface area (Å²) in [7, 11) is -3.66. The first kappa shape index (κ1) is 14.3. The summed E-state index contributed by atoms with van der Waals surface area (Å²) in [6, 6.07) is 6.46. The summed E-state index contributed by atoms with van der Waals surface area (Å²) in [6.45, 7) is 0.388. The summed E-state index contributed by atoms with van der Waals surface area (Å²) in [5.41, 5.74) is 0. The van der Waals surface area contributed by atoms with Crippen LogP contribution in [0.15, 0.2) is 39.2 Å². The van der Waals surface area contributed by atoms with Crippen LogP contribution in [0.2, 0.25) is 0 Å². The Morgan fingerprint density at radius 1 is 1.33 bits per heavy atom. The minimum atomic E-state index is -3.66. The van der Waals surface area contributed by atoms with Gasteiger partial charge in [0.15, 0.2) is 5.76 Å². The molecule has 1 amide bonds.